The number of aliphatic carboxylic acids is 2. The zero-order valence-corrected chi connectivity index (χ0v) is 19.9. The number of carboxylic acids is 2. The Bertz CT molecular complexity index is 1180. The highest BCUT2D eigenvalue weighted by Crippen LogP contribution is 2.41. The zero-order chi connectivity index (χ0) is 25.2. The van der Waals surface area contributed by atoms with E-state index in [4.69, 9.17) is 5.11 Å². The van der Waals surface area contributed by atoms with Crippen LogP contribution in [-0.4, -0.2) is 76.6 Å². The molecule has 2 aliphatic heterocycles. The lowest BCUT2D eigenvalue weighted by molar-refractivity contribution is -0.150. The number of carboxylic acid groups (broad SMARTS) is 2. The Morgan fingerprint density at radius 1 is 1.29 bits per heavy atom. The zero-order valence-electron chi connectivity index (χ0n) is 18.3. The highest BCUT2D eigenvalue weighted by Gasteiger charge is 2.54. The third-order valence-corrected chi connectivity index (χ3v) is 7.81. The monoisotopic (exact) mass is 513 g/mol. The molecule has 13 nitrogen and oxygen atoms in total. The van der Waals surface area contributed by atoms with Crippen LogP contribution in [0, 0.1) is 5.92 Å². The normalized spacial score (nSPS) is 20.4. The minimum atomic E-state index is -1.29. The summed E-state index contributed by atoms with van der Waals surface area (Å²) in [6.45, 7) is 1.55. The summed E-state index contributed by atoms with van der Waals surface area (Å²) in [5.41, 5.74) is -1.56. The molecule has 0 radical (unpaired) electrons. The van der Waals surface area contributed by atoms with E-state index in [1.165, 1.54) is 23.5 Å². The lowest BCUT2D eigenvalue weighted by atomic mass is 10.0. The number of nitrogens with zero attached hydrogens (tertiary/aromatic N) is 3. The number of aromatic amines is 1. The molecule has 1 fully saturated rings. The lowest BCUT2D eigenvalue weighted by Gasteiger charge is -2.49. The Hall–Kier alpha value is -3.07. The molecule has 0 aromatic carbocycles. The minimum absolute atomic E-state index is 0.0627. The fourth-order valence-corrected chi connectivity index (χ4v) is 5.88. The summed E-state index contributed by atoms with van der Waals surface area (Å²) < 4.78 is 1.26. The molecule has 1 aromatic rings. The van der Waals surface area contributed by atoms with Crippen LogP contribution in [0.5, 0.6) is 0 Å². The van der Waals surface area contributed by atoms with Crippen molar-refractivity contribution in [3.8, 4) is 0 Å². The van der Waals surface area contributed by atoms with Crippen LogP contribution in [0.4, 0.5) is 0 Å². The molecule has 34 heavy (non-hydrogen) atoms. The number of fused-ring (bicyclic) bond motifs is 1. The van der Waals surface area contributed by atoms with Gasteiger partial charge >= 0.3 is 23.1 Å². The second kappa shape index (κ2) is 10.5. The Kier molecular flexibility index (Phi) is 7.86. The van der Waals surface area contributed by atoms with Crippen molar-refractivity contribution in [2.24, 2.45) is 13.0 Å². The van der Waals surface area contributed by atoms with Crippen molar-refractivity contribution < 1.29 is 29.4 Å². The van der Waals surface area contributed by atoms with Crippen LogP contribution in [0.2, 0.25) is 0 Å². The highest BCUT2D eigenvalue weighted by atomic mass is 32.2. The van der Waals surface area contributed by atoms with Crippen molar-refractivity contribution in [2.45, 2.75) is 42.8 Å². The Morgan fingerprint density at radius 2 is 2.00 bits per heavy atom. The van der Waals surface area contributed by atoms with Gasteiger partial charge in [0.15, 0.2) is 5.16 Å². The van der Waals surface area contributed by atoms with Gasteiger partial charge in [-0.15, -0.1) is 11.8 Å². The molecule has 184 valence electrons. The molecule has 0 aliphatic carbocycles. The summed E-state index contributed by atoms with van der Waals surface area (Å²) in [5.74, 6) is -3.34. The Balaban J connectivity index is 1.65. The van der Waals surface area contributed by atoms with E-state index in [9.17, 15) is 33.9 Å². The van der Waals surface area contributed by atoms with Crippen LogP contribution in [-0.2, 0) is 26.2 Å². The van der Waals surface area contributed by atoms with Crippen molar-refractivity contribution >= 4 is 47.3 Å². The summed E-state index contributed by atoms with van der Waals surface area (Å²) in [6, 6.07) is -0.861. The van der Waals surface area contributed by atoms with E-state index < -0.39 is 52.2 Å². The quantitative estimate of drug-likeness (QED) is 0.174. The topological polar surface area (TPSA) is 192 Å². The van der Waals surface area contributed by atoms with Gasteiger partial charge in [-0.25, -0.2) is 4.79 Å². The van der Waals surface area contributed by atoms with Gasteiger partial charge in [-0.2, -0.15) is 4.98 Å². The maximum atomic E-state index is 12.7. The number of carbonyl (C=O) groups excluding carboxylic acids is 2. The molecule has 3 rings (SSSR count). The summed E-state index contributed by atoms with van der Waals surface area (Å²) in [6.07, 6.45) is 0.742. The van der Waals surface area contributed by atoms with E-state index in [0.29, 0.717) is 18.4 Å². The molecule has 2 aliphatic rings. The van der Waals surface area contributed by atoms with Crippen molar-refractivity contribution in [1.82, 2.24) is 25.0 Å². The number of thioether (sulfide) groups is 2. The van der Waals surface area contributed by atoms with E-state index in [0.717, 1.165) is 16.7 Å². The molecule has 3 unspecified atom stereocenters. The second-order valence-corrected chi connectivity index (χ2v) is 9.88. The number of hydrogen-bond acceptors (Lipinski definition) is 9. The molecular formula is C19H23N5O8S2. The maximum absolute atomic E-state index is 12.7. The summed E-state index contributed by atoms with van der Waals surface area (Å²) >= 11 is 2.35. The van der Waals surface area contributed by atoms with Crippen LogP contribution >= 0.6 is 23.5 Å². The number of aromatic nitrogens is 3. The van der Waals surface area contributed by atoms with Crippen molar-refractivity contribution in [3.05, 3.63) is 32.0 Å². The van der Waals surface area contributed by atoms with E-state index in [-0.39, 0.29) is 28.8 Å². The molecule has 0 saturated carbocycles. The molecule has 15 heteroatoms. The highest BCUT2D eigenvalue weighted by molar-refractivity contribution is 8.01. The number of H-pyrrole nitrogens is 1. The summed E-state index contributed by atoms with van der Waals surface area (Å²) in [5, 5.41) is 23.2. The van der Waals surface area contributed by atoms with Gasteiger partial charge in [0.1, 0.15) is 17.1 Å². The van der Waals surface area contributed by atoms with E-state index >= 15 is 0 Å². The predicted octanol–water partition coefficient (Wildman–Crippen LogP) is -0.810. The number of nitrogens with one attached hydrogen (secondary N) is 2. The average molecular weight is 514 g/mol. The maximum Gasteiger partial charge on any atom is 0.352 e. The Labute approximate surface area is 201 Å². The molecule has 3 atom stereocenters. The summed E-state index contributed by atoms with van der Waals surface area (Å²) in [4.78, 5) is 75.4. The van der Waals surface area contributed by atoms with Gasteiger partial charge in [0, 0.05) is 25.0 Å². The van der Waals surface area contributed by atoms with Crippen LogP contribution in [0.15, 0.2) is 26.0 Å². The van der Waals surface area contributed by atoms with Crippen LogP contribution < -0.4 is 16.4 Å². The molecule has 0 spiro atoms. The van der Waals surface area contributed by atoms with Gasteiger partial charge in [0.2, 0.25) is 5.91 Å². The smallest absolute Gasteiger partial charge is 0.352 e. The first-order valence-corrected chi connectivity index (χ1v) is 12.3. The SMILES string of the molecule is CC(CCCC(=O)NC1C(=O)N2C(C(=O)O)=C(CSc3nc(=O)c(=O)[nH]n3C)CSC12)C(=O)O. The number of aryl methyl sites for hydroxylation is 1. The molecule has 2 amide bonds. The van der Waals surface area contributed by atoms with Crippen molar-refractivity contribution in [1.29, 1.82) is 0 Å². The number of rotatable bonds is 10. The van der Waals surface area contributed by atoms with Gasteiger partial charge in [-0.1, -0.05) is 18.7 Å². The lowest BCUT2D eigenvalue weighted by Crippen LogP contribution is -2.70. The third-order valence-electron chi connectivity index (χ3n) is 5.35. The second-order valence-electron chi connectivity index (χ2n) is 7.83. The molecule has 4 N–H and O–H groups in total. The van der Waals surface area contributed by atoms with Crippen LogP contribution in [0.3, 0.4) is 0 Å². The van der Waals surface area contributed by atoms with Crippen LogP contribution in [0.1, 0.15) is 26.2 Å². The van der Waals surface area contributed by atoms with Crippen molar-refractivity contribution in [2.75, 3.05) is 11.5 Å². The molecular weight excluding hydrogens is 490 g/mol. The molecule has 1 aromatic heterocycles. The number of β-lactam (4-membered cyclic amide) rings is 1. The van der Waals surface area contributed by atoms with E-state index in [2.05, 4.69) is 15.4 Å². The third kappa shape index (κ3) is 5.35. The molecule has 3 heterocycles. The van der Waals surface area contributed by atoms with Crippen molar-refractivity contribution in [3.63, 3.8) is 0 Å². The number of carbonyl (C=O) groups is 4. The fraction of sp³-hybridized carbons (Fsp3) is 0.526. The first-order chi connectivity index (χ1) is 16.0. The predicted molar refractivity (Wildman–Crippen MR) is 121 cm³/mol. The van der Waals surface area contributed by atoms with Gasteiger partial charge < -0.3 is 15.5 Å². The molecule has 1 saturated heterocycles. The van der Waals surface area contributed by atoms with Crippen LogP contribution in [0.25, 0.3) is 0 Å². The van der Waals surface area contributed by atoms with Gasteiger partial charge in [-0.05, 0) is 18.4 Å². The van der Waals surface area contributed by atoms with E-state index in [1.54, 1.807) is 6.92 Å². The first kappa shape index (κ1) is 25.6. The van der Waals surface area contributed by atoms with Gasteiger partial charge in [0.25, 0.3) is 5.91 Å². The largest absolute Gasteiger partial charge is 0.481 e. The molecule has 0 bridgehead atoms. The summed E-state index contributed by atoms with van der Waals surface area (Å²) in [7, 11) is 1.49. The number of amides is 2. The van der Waals surface area contributed by atoms with Gasteiger partial charge in [0.05, 0.1) is 5.92 Å². The van der Waals surface area contributed by atoms with Gasteiger partial charge in [-0.3, -0.25) is 38.7 Å². The first-order valence-electron chi connectivity index (χ1n) is 10.2. The average Bonchev–Trinajstić information content (AvgIpc) is 2.77. The Morgan fingerprint density at radius 3 is 2.65 bits per heavy atom. The van der Waals surface area contributed by atoms with E-state index in [1.807, 2.05) is 0 Å². The minimum Gasteiger partial charge on any atom is -0.481 e. The standard InChI is InChI=1S/C19H23N5O8S2/c1-8(17(29)30)4-3-5-10(25)20-11-15(28)24-12(18(31)32)9(6-33-16(11)24)7-34-19-21-13(26)14(27)22-23(19)2/h8,11,16H,3-7H2,1-2H3,(H,20,25)(H,22,27)(H,29,30)(H,31,32). The number of hydrogen-bond donors (Lipinski definition) is 4. The fourth-order valence-electron chi connectivity index (χ4n) is 3.47.